The van der Waals surface area contributed by atoms with E-state index in [1.165, 1.54) is 36.6 Å². The molecule has 1 saturated carbocycles. The molecule has 2 aromatic heterocycles. The normalized spacial score (nSPS) is 19.0. The van der Waals surface area contributed by atoms with Gasteiger partial charge in [-0.3, -0.25) is 14.3 Å². The van der Waals surface area contributed by atoms with Crippen LogP contribution in [-0.4, -0.2) is 31.3 Å². The summed E-state index contributed by atoms with van der Waals surface area (Å²) in [5.41, 5.74) is 3.95. The number of thioether (sulfide) groups is 1. The predicted octanol–water partition coefficient (Wildman–Crippen LogP) is 5.68. The Balaban J connectivity index is 1.62. The summed E-state index contributed by atoms with van der Waals surface area (Å²) in [7, 11) is 0. The van der Waals surface area contributed by atoms with E-state index in [9.17, 15) is 4.79 Å². The monoisotopic (exact) mass is 420 g/mol. The second-order valence-corrected chi connectivity index (χ2v) is 9.22. The van der Waals surface area contributed by atoms with Gasteiger partial charge in [-0.1, -0.05) is 55.3 Å². The van der Waals surface area contributed by atoms with Crippen LogP contribution in [0.15, 0.2) is 47.9 Å². The largest absolute Gasteiger partial charge is 0.299 e. The zero-order valence-electron chi connectivity index (χ0n) is 17.8. The number of carbonyl (C=O) groups is 1. The molecular weight excluding hydrogens is 392 g/mol. The van der Waals surface area contributed by atoms with Crippen LogP contribution in [0, 0.1) is 19.8 Å². The minimum atomic E-state index is 0.131. The van der Waals surface area contributed by atoms with Crippen molar-refractivity contribution in [2.75, 3.05) is 5.75 Å². The maximum Gasteiger partial charge on any atom is 0.192 e. The van der Waals surface area contributed by atoms with Crippen molar-refractivity contribution in [1.29, 1.82) is 0 Å². The predicted molar refractivity (Wildman–Crippen MR) is 121 cm³/mol. The smallest absolute Gasteiger partial charge is 0.192 e. The fourth-order valence-electron chi connectivity index (χ4n) is 4.38. The van der Waals surface area contributed by atoms with Crippen LogP contribution in [0.25, 0.3) is 11.4 Å². The van der Waals surface area contributed by atoms with Gasteiger partial charge in [0.15, 0.2) is 16.8 Å². The number of nitrogens with zero attached hydrogens (tertiary/aromatic N) is 4. The molecule has 6 heteroatoms. The zero-order chi connectivity index (χ0) is 21.1. The minimum Gasteiger partial charge on any atom is -0.299 e. The van der Waals surface area contributed by atoms with Gasteiger partial charge in [0, 0.05) is 29.6 Å². The summed E-state index contributed by atoms with van der Waals surface area (Å²) < 4.78 is 2.26. The third-order valence-corrected chi connectivity index (χ3v) is 6.94. The van der Waals surface area contributed by atoms with E-state index in [-0.39, 0.29) is 5.78 Å². The molecule has 0 bridgehead atoms. The first-order valence-electron chi connectivity index (χ1n) is 10.6. The highest BCUT2D eigenvalue weighted by Gasteiger charge is 2.29. The molecular formula is C24H28N4OS. The molecule has 0 radical (unpaired) electrons. The number of rotatable bonds is 6. The summed E-state index contributed by atoms with van der Waals surface area (Å²) in [5, 5.41) is 9.84. The number of benzene rings is 1. The fourth-order valence-corrected chi connectivity index (χ4v) is 5.26. The molecule has 0 spiro atoms. The molecule has 156 valence electrons. The number of pyridine rings is 1. The van der Waals surface area contributed by atoms with Gasteiger partial charge in [-0.15, -0.1) is 10.2 Å². The standard InChI is InChI=1S/C24H28N4OS/c1-16-10-11-20(18(3)13-16)22(29)15-30-24-27-26-23(19-8-6-12-25-14-19)28(24)21-9-5-4-7-17(21)2/h6,8,10-14,17,21H,4-5,7,9,15H2,1-3H3/t17-,21+/m0/s1. The van der Waals surface area contributed by atoms with Crippen molar-refractivity contribution < 1.29 is 4.79 Å². The maximum absolute atomic E-state index is 12.9. The van der Waals surface area contributed by atoms with Crippen molar-refractivity contribution in [3.8, 4) is 11.4 Å². The Kier molecular flexibility index (Phi) is 6.32. The Morgan fingerprint density at radius 2 is 2.00 bits per heavy atom. The molecule has 1 fully saturated rings. The van der Waals surface area contributed by atoms with Gasteiger partial charge in [-0.25, -0.2) is 0 Å². The van der Waals surface area contributed by atoms with Crippen molar-refractivity contribution in [3.63, 3.8) is 0 Å². The second-order valence-electron chi connectivity index (χ2n) is 8.28. The number of ketones is 1. The molecule has 0 amide bonds. The van der Waals surface area contributed by atoms with Crippen LogP contribution in [0.1, 0.15) is 60.1 Å². The highest BCUT2D eigenvalue weighted by molar-refractivity contribution is 7.99. The van der Waals surface area contributed by atoms with Crippen LogP contribution < -0.4 is 0 Å². The molecule has 30 heavy (non-hydrogen) atoms. The Labute approximate surface area is 182 Å². The van der Waals surface area contributed by atoms with Gasteiger partial charge in [-0.05, 0) is 50.3 Å². The number of aryl methyl sites for hydroxylation is 2. The van der Waals surface area contributed by atoms with Crippen molar-refractivity contribution in [1.82, 2.24) is 19.7 Å². The molecule has 1 aliphatic rings. The van der Waals surface area contributed by atoms with Gasteiger partial charge in [0.2, 0.25) is 0 Å². The molecule has 2 atom stereocenters. The number of hydrogen-bond acceptors (Lipinski definition) is 5. The van der Waals surface area contributed by atoms with E-state index in [1.54, 1.807) is 6.20 Å². The van der Waals surface area contributed by atoms with Gasteiger partial charge in [0.05, 0.1) is 5.75 Å². The van der Waals surface area contributed by atoms with E-state index >= 15 is 0 Å². The van der Waals surface area contributed by atoms with Gasteiger partial charge < -0.3 is 0 Å². The van der Waals surface area contributed by atoms with Crippen molar-refractivity contribution in [3.05, 3.63) is 59.4 Å². The molecule has 0 unspecified atom stereocenters. The fraction of sp³-hybridized carbons (Fsp3) is 0.417. The summed E-state index contributed by atoms with van der Waals surface area (Å²) in [5.74, 6) is 1.89. The van der Waals surface area contributed by atoms with Crippen LogP contribution in [0.2, 0.25) is 0 Å². The van der Waals surface area contributed by atoms with Crippen LogP contribution in [0.4, 0.5) is 0 Å². The lowest BCUT2D eigenvalue weighted by Gasteiger charge is -2.31. The Bertz CT molecular complexity index is 1030. The third kappa shape index (κ3) is 4.33. The Morgan fingerprint density at radius 1 is 1.17 bits per heavy atom. The second kappa shape index (κ2) is 9.13. The van der Waals surface area contributed by atoms with E-state index in [4.69, 9.17) is 0 Å². The molecule has 2 heterocycles. The zero-order valence-corrected chi connectivity index (χ0v) is 18.7. The number of hydrogen-bond donors (Lipinski definition) is 0. The lowest BCUT2D eigenvalue weighted by molar-refractivity contribution is 0.102. The van der Waals surface area contributed by atoms with Gasteiger partial charge >= 0.3 is 0 Å². The van der Waals surface area contributed by atoms with Crippen molar-refractivity contribution in [2.24, 2.45) is 5.92 Å². The first-order chi connectivity index (χ1) is 14.5. The Morgan fingerprint density at radius 3 is 2.73 bits per heavy atom. The van der Waals surface area contributed by atoms with Gasteiger partial charge in [0.25, 0.3) is 0 Å². The lowest BCUT2D eigenvalue weighted by atomic mass is 9.85. The minimum absolute atomic E-state index is 0.131. The molecule has 4 rings (SSSR count). The van der Waals surface area contributed by atoms with Crippen LogP contribution in [0.5, 0.6) is 0 Å². The average molecular weight is 421 g/mol. The summed E-state index contributed by atoms with van der Waals surface area (Å²) in [4.78, 5) is 17.2. The van der Waals surface area contributed by atoms with E-state index in [2.05, 4.69) is 32.7 Å². The number of Topliss-reactive ketones (excluding diaryl/α,β-unsaturated/α-hetero) is 1. The first kappa shape index (κ1) is 20.8. The highest BCUT2D eigenvalue weighted by atomic mass is 32.2. The summed E-state index contributed by atoms with van der Waals surface area (Å²) in [6.45, 7) is 6.35. The summed E-state index contributed by atoms with van der Waals surface area (Å²) >= 11 is 1.49. The molecule has 5 nitrogen and oxygen atoms in total. The molecule has 1 aliphatic carbocycles. The van der Waals surface area contributed by atoms with E-state index in [1.807, 2.05) is 44.3 Å². The maximum atomic E-state index is 12.9. The van der Waals surface area contributed by atoms with Crippen molar-refractivity contribution in [2.45, 2.75) is 57.7 Å². The Hall–Kier alpha value is -2.47. The van der Waals surface area contributed by atoms with Gasteiger partial charge in [-0.2, -0.15) is 0 Å². The van der Waals surface area contributed by atoms with E-state index in [0.717, 1.165) is 34.1 Å². The van der Waals surface area contributed by atoms with Crippen LogP contribution in [0.3, 0.4) is 0 Å². The molecule has 0 N–H and O–H groups in total. The average Bonchev–Trinajstić information content (AvgIpc) is 3.16. The van der Waals surface area contributed by atoms with E-state index < -0.39 is 0 Å². The van der Waals surface area contributed by atoms with Gasteiger partial charge in [0.1, 0.15) is 0 Å². The summed E-state index contributed by atoms with van der Waals surface area (Å²) in [6.07, 6.45) is 8.42. The highest BCUT2D eigenvalue weighted by Crippen LogP contribution is 2.39. The number of carbonyl (C=O) groups excluding carboxylic acids is 1. The molecule has 1 aromatic carbocycles. The molecule has 3 aromatic rings. The number of aromatic nitrogens is 4. The topological polar surface area (TPSA) is 60.7 Å². The summed E-state index contributed by atoms with van der Waals surface area (Å²) in [6, 6.07) is 10.3. The van der Waals surface area contributed by atoms with Crippen molar-refractivity contribution >= 4 is 17.5 Å². The van der Waals surface area contributed by atoms with Crippen LogP contribution in [-0.2, 0) is 0 Å². The quantitative estimate of drug-likeness (QED) is 0.379. The lowest BCUT2D eigenvalue weighted by Crippen LogP contribution is -2.22. The van der Waals surface area contributed by atoms with Crippen LogP contribution >= 0.6 is 11.8 Å². The molecule has 0 aliphatic heterocycles. The first-order valence-corrected chi connectivity index (χ1v) is 11.6. The third-order valence-electron chi connectivity index (χ3n) is 6.00. The molecule has 0 saturated heterocycles. The SMILES string of the molecule is Cc1ccc(C(=O)CSc2nnc(-c3cccnc3)n2[C@@H]2CCCC[C@@H]2C)c(C)c1. The van der Waals surface area contributed by atoms with E-state index in [0.29, 0.717) is 17.7 Å².